The summed E-state index contributed by atoms with van der Waals surface area (Å²) in [5.74, 6) is -0.896. The molecule has 0 fully saturated rings. The molecule has 2 rings (SSSR count). The third-order valence-electron chi connectivity index (χ3n) is 2.04. The minimum atomic E-state index is -0.504. The Bertz CT molecular complexity index is 553. The molecule has 0 aromatic carbocycles. The summed E-state index contributed by atoms with van der Waals surface area (Å²) < 4.78 is 20.0. The molecule has 4 nitrogen and oxygen atoms in total. The Morgan fingerprint density at radius 2 is 2.44 bits per heavy atom. The molecule has 2 aromatic rings. The Labute approximate surface area is 105 Å². The summed E-state index contributed by atoms with van der Waals surface area (Å²) in [5, 5.41) is 0. The number of hydrogen-bond acceptors (Lipinski definition) is 3. The van der Waals surface area contributed by atoms with E-state index in [1.54, 1.807) is 13.0 Å². The van der Waals surface area contributed by atoms with Crippen molar-refractivity contribution >= 4 is 34.2 Å². The normalized spacial score (nSPS) is 10.7. The van der Waals surface area contributed by atoms with Crippen LogP contribution >= 0.6 is 22.6 Å². The van der Waals surface area contributed by atoms with Gasteiger partial charge in [-0.25, -0.2) is 14.2 Å². The summed E-state index contributed by atoms with van der Waals surface area (Å²) >= 11 is 1.87. The van der Waals surface area contributed by atoms with Crippen LogP contribution in [0.15, 0.2) is 18.5 Å². The highest BCUT2D eigenvalue weighted by Crippen LogP contribution is 2.15. The van der Waals surface area contributed by atoms with E-state index >= 15 is 0 Å². The van der Waals surface area contributed by atoms with Gasteiger partial charge in [0.05, 0.1) is 16.4 Å². The number of pyridine rings is 1. The molecular formula is C10H8FIN2O2. The van der Waals surface area contributed by atoms with Crippen LogP contribution in [-0.2, 0) is 4.74 Å². The molecule has 0 aliphatic heterocycles. The van der Waals surface area contributed by atoms with E-state index < -0.39 is 11.8 Å². The van der Waals surface area contributed by atoms with Crippen LogP contribution in [0.1, 0.15) is 17.4 Å². The number of carbonyl (C=O) groups is 1. The van der Waals surface area contributed by atoms with Crippen LogP contribution in [0, 0.1) is 9.39 Å². The highest BCUT2D eigenvalue weighted by atomic mass is 127. The van der Waals surface area contributed by atoms with Gasteiger partial charge in [-0.1, -0.05) is 0 Å². The fraction of sp³-hybridized carbons (Fsp3) is 0.200. The first kappa shape index (κ1) is 11.3. The van der Waals surface area contributed by atoms with E-state index in [1.165, 1.54) is 16.8 Å². The van der Waals surface area contributed by atoms with Crippen LogP contribution in [0.25, 0.3) is 5.65 Å². The van der Waals surface area contributed by atoms with Crippen molar-refractivity contribution in [2.24, 2.45) is 0 Å². The fourth-order valence-electron chi connectivity index (χ4n) is 1.33. The zero-order valence-corrected chi connectivity index (χ0v) is 10.6. The van der Waals surface area contributed by atoms with E-state index in [9.17, 15) is 9.18 Å². The van der Waals surface area contributed by atoms with Crippen molar-refractivity contribution in [3.05, 3.63) is 33.5 Å². The molecule has 0 N–H and O–H groups in total. The summed E-state index contributed by atoms with van der Waals surface area (Å²) in [7, 11) is 0. The van der Waals surface area contributed by atoms with Gasteiger partial charge in [-0.05, 0) is 35.6 Å². The monoisotopic (exact) mass is 334 g/mol. The Balaban J connectivity index is 2.56. The quantitative estimate of drug-likeness (QED) is 0.625. The van der Waals surface area contributed by atoms with Crippen LogP contribution in [0.4, 0.5) is 4.39 Å². The molecule has 16 heavy (non-hydrogen) atoms. The molecule has 2 aromatic heterocycles. The molecule has 0 bridgehead atoms. The lowest BCUT2D eigenvalue weighted by Crippen LogP contribution is -2.08. The number of esters is 1. The molecule has 0 aliphatic carbocycles. The maximum absolute atomic E-state index is 13.3. The predicted octanol–water partition coefficient (Wildman–Crippen LogP) is 2.25. The average molecular weight is 334 g/mol. The van der Waals surface area contributed by atoms with Crippen molar-refractivity contribution in [2.75, 3.05) is 6.61 Å². The lowest BCUT2D eigenvalue weighted by Gasteiger charge is -2.02. The van der Waals surface area contributed by atoms with Crippen LogP contribution in [-0.4, -0.2) is 22.0 Å². The number of aromatic nitrogens is 2. The predicted molar refractivity (Wildman–Crippen MR) is 63.8 cm³/mol. The first-order valence-corrected chi connectivity index (χ1v) is 5.70. The van der Waals surface area contributed by atoms with Gasteiger partial charge in [0.1, 0.15) is 5.65 Å². The topological polar surface area (TPSA) is 43.6 Å². The van der Waals surface area contributed by atoms with Crippen LogP contribution in [0.5, 0.6) is 0 Å². The fourth-order valence-corrected chi connectivity index (χ4v) is 1.75. The minimum Gasteiger partial charge on any atom is -0.461 e. The smallest absolute Gasteiger partial charge is 0.356 e. The Kier molecular flexibility index (Phi) is 3.08. The zero-order chi connectivity index (χ0) is 11.7. The van der Waals surface area contributed by atoms with Gasteiger partial charge in [-0.15, -0.1) is 0 Å². The zero-order valence-electron chi connectivity index (χ0n) is 8.41. The highest BCUT2D eigenvalue weighted by Gasteiger charge is 2.14. The maximum atomic E-state index is 13.3. The number of rotatable bonds is 2. The second kappa shape index (κ2) is 4.36. The van der Waals surface area contributed by atoms with Crippen molar-refractivity contribution in [1.82, 2.24) is 9.38 Å². The molecule has 0 aliphatic rings. The van der Waals surface area contributed by atoms with Gasteiger partial charge in [-0.3, -0.25) is 4.40 Å². The summed E-state index contributed by atoms with van der Waals surface area (Å²) in [6.07, 6.45) is 2.61. The summed E-state index contributed by atoms with van der Waals surface area (Å²) in [4.78, 5) is 15.5. The lowest BCUT2D eigenvalue weighted by atomic mass is 10.4. The number of fused-ring (bicyclic) bond motifs is 1. The van der Waals surface area contributed by atoms with E-state index in [2.05, 4.69) is 4.98 Å². The van der Waals surface area contributed by atoms with E-state index in [-0.39, 0.29) is 12.3 Å². The van der Waals surface area contributed by atoms with Crippen molar-refractivity contribution < 1.29 is 13.9 Å². The average Bonchev–Trinajstić information content (AvgIpc) is 2.62. The number of hydrogen-bond donors (Lipinski definition) is 0. The second-order valence-corrected chi connectivity index (χ2v) is 4.22. The van der Waals surface area contributed by atoms with Gasteiger partial charge < -0.3 is 4.74 Å². The third-order valence-corrected chi connectivity index (χ3v) is 2.86. The summed E-state index contributed by atoms with van der Waals surface area (Å²) in [5.41, 5.74) is 0.751. The summed E-state index contributed by atoms with van der Waals surface area (Å²) in [6, 6.07) is 1.57. The maximum Gasteiger partial charge on any atom is 0.356 e. The van der Waals surface area contributed by atoms with Crippen molar-refractivity contribution in [1.29, 1.82) is 0 Å². The Morgan fingerprint density at radius 3 is 3.12 bits per heavy atom. The molecule has 6 heteroatoms. The van der Waals surface area contributed by atoms with E-state index in [0.717, 1.165) is 0 Å². The van der Waals surface area contributed by atoms with E-state index in [1.807, 2.05) is 22.6 Å². The van der Waals surface area contributed by atoms with Gasteiger partial charge in [-0.2, -0.15) is 0 Å². The Hall–Kier alpha value is -1.18. The van der Waals surface area contributed by atoms with Crippen LogP contribution in [0.2, 0.25) is 0 Å². The first-order valence-electron chi connectivity index (χ1n) is 4.62. The molecule has 0 radical (unpaired) electrons. The largest absolute Gasteiger partial charge is 0.461 e. The standard InChI is InChI=1S/C10H8FIN2O2/c1-2-16-10(15)8-4-13-9-3-7(12)6(11)5-14(8)9/h3-5H,2H2,1H3. The summed E-state index contributed by atoms with van der Waals surface area (Å²) in [6.45, 7) is 1.99. The van der Waals surface area contributed by atoms with Gasteiger partial charge in [0, 0.05) is 6.20 Å². The van der Waals surface area contributed by atoms with E-state index in [4.69, 9.17) is 4.74 Å². The molecular weight excluding hydrogens is 326 g/mol. The molecule has 84 valence electrons. The minimum absolute atomic E-state index is 0.229. The van der Waals surface area contributed by atoms with Crippen molar-refractivity contribution in [3.8, 4) is 0 Å². The highest BCUT2D eigenvalue weighted by molar-refractivity contribution is 14.1. The van der Waals surface area contributed by atoms with Gasteiger partial charge in [0.15, 0.2) is 11.5 Å². The number of ether oxygens (including phenoxy) is 1. The lowest BCUT2D eigenvalue weighted by molar-refractivity contribution is 0.0518. The first-order chi connectivity index (χ1) is 7.63. The molecule has 0 atom stereocenters. The molecule has 0 saturated heterocycles. The van der Waals surface area contributed by atoms with Gasteiger partial charge in [0.2, 0.25) is 0 Å². The molecule has 0 saturated carbocycles. The Morgan fingerprint density at radius 1 is 1.69 bits per heavy atom. The molecule has 0 unspecified atom stereocenters. The van der Waals surface area contributed by atoms with Crippen molar-refractivity contribution in [3.63, 3.8) is 0 Å². The van der Waals surface area contributed by atoms with Crippen molar-refractivity contribution in [2.45, 2.75) is 6.92 Å². The SMILES string of the molecule is CCOC(=O)c1cnc2cc(I)c(F)cn12. The number of imidazole rings is 1. The number of nitrogens with zero attached hydrogens (tertiary/aromatic N) is 2. The van der Waals surface area contributed by atoms with E-state index in [0.29, 0.717) is 9.22 Å². The second-order valence-electron chi connectivity index (χ2n) is 3.06. The van der Waals surface area contributed by atoms with Gasteiger partial charge >= 0.3 is 5.97 Å². The van der Waals surface area contributed by atoms with Gasteiger partial charge in [0.25, 0.3) is 0 Å². The van der Waals surface area contributed by atoms with Crippen LogP contribution in [0.3, 0.4) is 0 Å². The molecule has 2 heterocycles. The number of carbonyl (C=O) groups excluding carboxylic acids is 1. The van der Waals surface area contributed by atoms with Crippen LogP contribution < -0.4 is 0 Å². The number of halogens is 2. The molecule has 0 spiro atoms. The third kappa shape index (κ3) is 1.89. The molecule has 0 amide bonds.